The fourth-order valence-corrected chi connectivity index (χ4v) is 5.48. The van der Waals surface area contributed by atoms with Gasteiger partial charge >= 0.3 is 5.97 Å². The third kappa shape index (κ3) is 5.45. The van der Waals surface area contributed by atoms with Crippen molar-refractivity contribution in [2.45, 2.75) is 71.8 Å². The fourth-order valence-electron chi connectivity index (χ4n) is 5.48. The fraction of sp³-hybridized carbons (Fsp3) is 0.760. The van der Waals surface area contributed by atoms with E-state index in [0.717, 1.165) is 63.0 Å². The Morgan fingerprint density at radius 3 is 2.62 bits per heavy atom. The smallest absolute Gasteiger partial charge is 0.309 e. The average molecular weight is 475 g/mol. The van der Waals surface area contributed by atoms with Crippen LogP contribution in [-0.4, -0.2) is 71.9 Å². The lowest BCUT2D eigenvalue weighted by Gasteiger charge is -2.36. The molecule has 188 valence electrons. The third-order valence-electron chi connectivity index (χ3n) is 7.70. The molecule has 1 N–H and O–H groups in total. The Kier molecular flexibility index (Phi) is 7.91. The summed E-state index contributed by atoms with van der Waals surface area (Å²) in [6.07, 6.45) is 6.48. The highest BCUT2D eigenvalue weighted by Gasteiger charge is 2.39. The zero-order valence-electron chi connectivity index (χ0n) is 20.6. The quantitative estimate of drug-likeness (QED) is 0.480. The van der Waals surface area contributed by atoms with E-state index in [0.29, 0.717) is 51.3 Å². The number of amides is 2. The number of aromatic nitrogens is 2. The molecule has 1 aromatic rings. The van der Waals surface area contributed by atoms with Gasteiger partial charge in [-0.25, -0.2) is 0 Å². The van der Waals surface area contributed by atoms with E-state index in [1.807, 2.05) is 11.6 Å². The maximum atomic E-state index is 12.9. The summed E-state index contributed by atoms with van der Waals surface area (Å²) >= 11 is 0. The molecule has 2 saturated heterocycles. The van der Waals surface area contributed by atoms with Crippen LogP contribution in [0.15, 0.2) is 0 Å². The van der Waals surface area contributed by atoms with Crippen LogP contribution in [-0.2, 0) is 38.4 Å². The van der Waals surface area contributed by atoms with Gasteiger partial charge in [-0.3, -0.25) is 19.1 Å². The van der Waals surface area contributed by atoms with Gasteiger partial charge in [-0.05, 0) is 63.7 Å². The molecular formula is C25H38N4O5. The lowest BCUT2D eigenvalue weighted by Crippen LogP contribution is -2.40. The number of esters is 1. The number of fused-ring (bicyclic) bond motifs is 1. The van der Waals surface area contributed by atoms with Gasteiger partial charge in [0.1, 0.15) is 5.69 Å². The number of likely N-dealkylation sites (tertiary alicyclic amines) is 1. The topological polar surface area (TPSA) is 103 Å². The van der Waals surface area contributed by atoms with Crippen molar-refractivity contribution in [1.29, 1.82) is 0 Å². The second-order valence-electron chi connectivity index (χ2n) is 9.97. The van der Waals surface area contributed by atoms with Crippen LogP contribution >= 0.6 is 0 Å². The van der Waals surface area contributed by atoms with Crippen LogP contribution in [0, 0.1) is 11.3 Å². The largest absolute Gasteiger partial charge is 0.465 e. The van der Waals surface area contributed by atoms with E-state index < -0.39 is 0 Å². The average Bonchev–Trinajstić information content (AvgIpc) is 3.12. The Balaban J connectivity index is 1.30. The molecule has 4 heterocycles. The molecule has 1 spiro atoms. The molecule has 9 heteroatoms. The maximum Gasteiger partial charge on any atom is 0.309 e. The van der Waals surface area contributed by atoms with Crippen molar-refractivity contribution < 1.29 is 23.9 Å². The first-order valence-corrected chi connectivity index (χ1v) is 12.8. The van der Waals surface area contributed by atoms with Crippen molar-refractivity contribution >= 4 is 17.8 Å². The lowest BCUT2D eigenvalue weighted by atomic mass is 9.75. The van der Waals surface area contributed by atoms with E-state index in [1.54, 1.807) is 11.8 Å². The van der Waals surface area contributed by atoms with Crippen molar-refractivity contribution in [1.82, 2.24) is 20.0 Å². The van der Waals surface area contributed by atoms with Gasteiger partial charge in [0.25, 0.3) is 5.91 Å². The third-order valence-corrected chi connectivity index (χ3v) is 7.70. The van der Waals surface area contributed by atoms with Gasteiger partial charge in [0.15, 0.2) is 0 Å². The van der Waals surface area contributed by atoms with E-state index in [9.17, 15) is 14.4 Å². The zero-order valence-corrected chi connectivity index (χ0v) is 20.6. The van der Waals surface area contributed by atoms with E-state index in [-0.39, 0.29) is 29.1 Å². The molecule has 3 aliphatic rings. The second-order valence-corrected chi connectivity index (χ2v) is 9.97. The monoisotopic (exact) mass is 474 g/mol. The molecule has 0 atom stereocenters. The van der Waals surface area contributed by atoms with Gasteiger partial charge < -0.3 is 19.7 Å². The number of ether oxygens (including phenoxy) is 2. The van der Waals surface area contributed by atoms with E-state index in [1.165, 1.54) is 0 Å². The number of aryl methyl sites for hydroxylation is 2. The van der Waals surface area contributed by atoms with Gasteiger partial charge in [-0.2, -0.15) is 5.10 Å². The van der Waals surface area contributed by atoms with Gasteiger partial charge in [0.2, 0.25) is 5.91 Å². The summed E-state index contributed by atoms with van der Waals surface area (Å²) in [4.78, 5) is 38.5. The molecule has 0 radical (unpaired) electrons. The summed E-state index contributed by atoms with van der Waals surface area (Å²) in [5, 5.41) is 7.94. The standard InChI is InChI=1S/C25H38N4O5/c1-3-29-22-20(16-25(17-26-23(22)31)9-14-33-15-10-25)21(27-29)6-4-5-13-34-24(32)19-7-11-28(12-8-19)18(2)30/h19H,3-17H2,1-2H3,(H,26,31). The summed E-state index contributed by atoms with van der Waals surface area (Å²) < 4.78 is 13.0. The molecule has 9 nitrogen and oxygen atoms in total. The Morgan fingerprint density at radius 2 is 1.94 bits per heavy atom. The summed E-state index contributed by atoms with van der Waals surface area (Å²) in [5.41, 5.74) is 2.85. The van der Waals surface area contributed by atoms with Gasteiger partial charge in [-0.1, -0.05) is 0 Å². The maximum absolute atomic E-state index is 12.9. The minimum absolute atomic E-state index is 0.0243. The second kappa shape index (κ2) is 10.9. The molecule has 4 rings (SSSR count). The van der Waals surface area contributed by atoms with Crippen LogP contribution in [0.5, 0.6) is 0 Å². The van der Waals surface area contributed by atoms with Crippen LogP contribution in [0.2, 0.25) is 0 Å². The highest BCUT2D eigenvalue weighted by Crippen LogP contribution is 2.37. The first kappa shape index (κ1) is 24.7. The van der Waals surface area contributed by atoms with Crippen molar-refractivity contribution in [3.05, 3.63) is 17.0 Å². The molecule has 0 bridgehead atoms. The molecule has 2 amide bonds. The minimum Gasteiger partial charge on any atom is -0.465 e. The predicted molar refractivity (Wildman–Crippen MR) is 125 cm³/mol. The molecule has 0 saturated carbocycles. The number of nitrogens with one attached hydrogen (secondary N) is 1. The number of unbranched alkanes of at least 4 members (excludes halogenated alkanes) is 1. The van der Waals surface area contributed by atoms with Crippen LogP contribution in [0.3, 0.4) is 0 Å². The first-order valence-electron chi connectivity index (χ1n) is 12.8. The lowest BCUT2D eigenvalue weighted by molar-refractivity contribution is -0.151. The highest BCUT2D eigenvalue weighted by molar-refractivity contribution is 5.94. The molecule has 3 aliphatic heterocycles. The molecule has 0 aliphatic carbocycles. The Bertz CT molecular complexity index is 897. The van der Waals surface area contributed by atoms with Crippen molar-refractivity contribution in [2.75, 3.05) is 39.5 Å². The normalized spacial score (nSPS) is 20.5. The van der Waals surface area contributed by atoms with Crippen molar-refractivity contribution in [2.24, 2.45) is 11.3 Å². The highest BCUT2D eigenvalue weighted by atomic mass is 16.5. The Hall–Kier alpha value is -2.42. The summed E-state index contributed by atoms with van der Waals surface area (Å²) in [7, 11) is 0. The van der Waals surface area contributed by atoms with Crippen molar-refractivity contribution in [3.63, 3.8) is 0 Å². The van der Waals surface area contributed by atoms with Crippen LogP contribution < -0.4 is 5.32 Å². The molecular weight excluding hydrogens is 436 g/mol. The van der Waals surface area contributed by atoms with Crippen molar-refractivity contribution in [3.8, 4) is 0 Å². The van der Waals surface area contributed by atoms with Crippen LogP contribution in [0.25, 0.3) is 0 Å². The summed E-state index contributed by atoms with van der Waals surface area (Å²) in [6.45, 7) is 8.05. The number of carbonyl (C=O) groups excluding carboxylic acids is 3. The van der Waals surface area contributed by atoms with Crippen LogP contribution in [0.4, 0.5) is 0 Å². The number of rotatable bonds is 7. The number of piperidine rings is 1. The van der Waals surface area contributed by atoms with Gasteiger partial charge in [0, 0.05) is 51.9 Å². The Morgan fingerprint density at radius 1 is 1.21 bits per heavy atom. The number of nitrogens with zero attached hydrogens (tertiary/aromatic N) is 3. The molecule has 1 aromatic heterocycles. The molecule has 34 heavy (non-hydrogen) atoms. The van der Waals surface area contributed by atoms with Gasteiger partial charge in [0.05, 0.1) is 18.2 Å². The van der Waals surface area contributed by atoms with E-state index in [2.05, 4.69) is 5.32 Å². The first-order chi connectivity index (χ1) is 16.4. The summed E-state index contributed by atoms with van der Waals surface area (Å²) in [5.74, 6) is -0.217. The zero-order chi connectivity index (χ0) is 24.1. The number of carbonyl (C=O) groups is 3. The van der Waals surface area contributed by atoms with E-state index >= 15 is 0 Å². The summed E-state index contributed by atoms with van der Waals surface area (Å²) in [6, 6.07) is 0. The van der Waals surface area contributed by atoms with Gasteiger partial charge in [-0.15, -0.1) is 0 Å². The molecule has 2 fully saturated rings. The predicted octanol–water partition coefficient (Wildman–Crippen LogP) is 2.11. The molecule has 0 aromatic carbocycles. The number of hydrogen-bond donors (Lipinski definition) is 1. The Labute approximate surface area is 201 Å². The van der Waals surface area contributed by atoms with Crippen LogP contribution in [0.1, 0.15) is 74.1 Å². The van der Waals surface area contributed by atoms with E-state index in [4.69, 9.17) is 14.6 Å². The SMILES string of the molecule is CCn1nc(CCCCOC(=O)C2CCN(C(C)=O)CC2)c2c1C(=O)NCC1(CCOCC1)C2. The number of hydrogen-bond acceptors (Lipinski definition) is 6. The minimum atomic E-state index is -0.148. The molecule has 0 unspecified atom stereocenters.